The van der Waals surface area contributed by atoms with Crippen LogP contribution in [0.3, 0.4) is 0 Å². The van der Waals surface area contributed by atoms with Gasteiger partial charge in [0.25, 0.3) is 8.32 Å². The van der Waals surface area contributed by atoms with Gasteiger partial charge in [0.1, 0.15) is 0 Å². The predicted octanol–water partition coefficient (Wildman–Crippen LogP) is 4.17. The van der Waals surface area contributed by atoms with Crippen LogP contribution in [0.25, 0.3) is 0 Å². The molecule has 3 rings (SSSR count). The van der Waals surface area contributed by atoms with E-state index >= 15 is 0 Å². The van der Waals surface area contributed by atoms with Gasteiger partial charge in [0.15, 0.2) is 0 Å². The Hall–Kier alpha value is -1.95. The highest BCUT2D eigenvalue weighted by Crippen LogP contribution is 2.47. The fraction of sp³-hybridized carbons (Fsp3) is 0.500. The zero-order valence-electron chi connectivity index (χ0n) is 19.5. The van der Waals surface area contributed by atoms with E-state index in [2.05, 4.69) is 81.4 Å². The molecule has 1 aliphatic carbocycles. The number of ether oxygens (including phenoxy) is 2. The van der Waals surface area contributed by atoms with E-state index in [0.717, 1.165) is 12.8 Å². The summed E-state index contributed by atoms with van der Waals surface area (Å²) in [5.74, 6) is 0.0110. The SMILES string of the molecule is CCOC(=O)[C@H]1C[C@@H]1C(CCOC)O[Si](c1ccccc1)(c1ccccc1)C(C)(C)C. The molecule has 1 saturated carbocycles. The van der Waals surface area contributed by atoms with Gasteiger partial charge < -0.3 is 13.9 Å². The van der Waals surface area contributed by atoms with E-state index in [0.29, 0.717) is 13.2 Å². The van der Waals surface area contributed by atoms with Crippen LogP contribution in [0.4, 0.5) is 0 Å². The molecule has 1 unspecified atom stereocenters. The summed E-state index contributed by atoms with van der Waals surface area (Å²) < 4.78 is 18.0. The second kappa shape index (κ2) is 10.1. The normalized spacial score (nSPS) is 19.6. The van der Waals surface area contributed by atoms with Crippen molar-refractivity contribution >= 4 is 24.7 Å². The van der Waals surface area contributed by atoms with Crippen LogP contribution in [0.2, 0.25) is 5.04 Å². The minimum absolute atomic E-state index is 0.0549. The first-order valence-corrected chi connectivity index (χ1v) is 13.2. The van der Waals surface area contributed by atoms with Crippen molar-refractivity contribution in [2.45, 2.75) is 51.7 Å². The van der Waals surface area contributed by atoms with Gasteiger partial charge in [-0.15, -0.1) is 0 Å². The number of carbonyl (C=O) groups excluding carboxylic acids is 1. The van der Waals surface area contributed by atoms with Crippen molar-refractivity contribution in [3.05, 3.63) is 60.7 Å². The van der Waals surface area contributed by atoms with Crippen LogP contribution in [0.15, 0.2) is 60.7 Å². The molecule has 0 N–H and O–H groups in total. The molecule has 1 fully saturated rings. The zero-order valence-corrected chi connectivity index (χ0v) is 20.5. The summed E-state index contributed by atoms with van der Waals surface area (Å²) in [6, 6.07) is 21.3. The molecule has 2 aromatic rings. The Bertz CT molecular complexity index is 792. The maximum atomic E-state index is 12.4. The summed E-state index contributed by atoms with van der Waals surface area (Å²) >= 11 is 0. The van der Waals surface area contributed by atoms with Crippen LogP contribution in [-0.4, -0.2) is 40.7 Å². The van der Waals surface area contributed by atoms with E-state index < -0.39 is 8.32 Å². The van der Waals surface area contributed by atoms with Gasteiger partial charge in [-0.25, -0.2) is 0 Å². The van der Waals surface area contributed by atoms with Gasteiger partial charge in [-0.05, 0) is 41.1 Å². The molecule has 0 bridgehead atoms. The first-order chi connectivity index (χ1) is 14.8. The van der Waals surface area contributed by atoms with Crippen LogP contribution in [0.1, 0.15) is 40.5 Å². The topological polar surface area (TPSA) is 44.8 Å². The minimum atomic E-state index is -2.68. The lowest BCUT2D eigenvalue weighted by molar-refractivity contribution is -0.145. The fourth-order valence-electron chi connectivity index (χ4n) is 4.66. The number of rotatable bonds is 10. The molecule has 4 nitrogen and oxygen atoms in total. The molecule has 0 aromatic heterocycles. The molecule has 2 aromatic carbocycles. The molecule has 0 spiro atoms. The molecule has 0 saturated heterocycles. The van der Waals surface area contributed by atoms with Crippen molar-refractivity contribution in [3.63, 3.8) is 0 Å². The van der Waals surface area contributed by atoms with Crippen LogP contribution in [0.5, 0.6) is 0 Å². The van der Waals surface area contributed by atoms with Gasteiger partial charge in [-0.3, -0.25) is 4.79 Å². The van der Waals surface area contributed by atoms with Crippen molar-refractivity contribution in [2.24, 2.45) is 11.8 Å². The molecule has 31 heavy (non-hydrogen) atoms. The Morgan fingerprint density at radius 1 is 1.03 bits per heavy atom. The molecule has 1 aliphatic rings. The number of esters is 1. The Morgan fingerprint density at radius 3 is 2.03 bits per heavy atom. The van der Waals surface area contributed by atoms with Crippen LogP contribution in [-0.2, 0) is 18.7 Å². The average molecular weight is 441 g/mol. The van der Waals surface area contributed by atoms with E-state index in [1.165, 1.54) is 10.4 Å². The summed E-state index contributed by atoms with van der Waals surface area (Å²) in [5.41, 5.74) is 0. The lowest BCUT2D eigenvalue weighted by Crippen LogP contribution is -2.68. The van der Waals surface area contributed by atoms with Crippen LogP contribution < -0.4 is 10.4 Å². The molecular weight excluding hydrogens is 404 g/mol. The highest BCUT2D eigenvalue weighted by atomic mass is 28.4. The molecule has 0 radical (unpaired) electrons. The largest absolute Gasteiger partial charge is 0.466 e. The van der Waals surface area contributed by atoms with Gasteiger partial charge >= 0.3 is 5.97 Å². The third-order valence-corrected chi connectivity index (χ3v) is 11.3. The molecule has 5 heteroatoms. The first-order valence-electron chi connectivity index (χ1n) is 11.3. The Kier molecular flexibility index (Phi) is 7.73. The Morgan fingerprint density at radius 2 is 1.58 bits per heavy atom. The molecule has 0 heterocycles. The second-order valence-corrected chi connectivity index (χ2v) is 13.6. The average Bonchev–Trinajstić information content (AvgIpc) is 3.56. The number of methoxy groups -OCH3 is 1. The van der Waals surface area contributed by atoms with E-state index in [9.17, 15) is 4.79 Å². The third kappa shape index (κ3) is 5.11. The maximum Gasteiger partial charge on any atom is 0.309 e. The van der Waals surface area contributed by atoms with E-state index in [-0.39, 0.29) is 28.9 Å². The molecule has 0 amide bonds. The van der Waals surface area contributed by atoms with E-state index in [4.69, 9.17) is 13.9 Å². The van der Waals surface area contributed by atoms with Gasteiger partial charge in [0, 0.05) is 13.7 Å². The quantitative estimate of drug-likeness (QED) is 0.411. The number of benzene rings is 2. The number of hydrogen-bond donors (Lipinski definition) is 0. The number of hydrogen-bond acceptors (Lipinski definition) is 4. The highest BCUT2D eigenvalue weighted by Gasteiger charge is 2.56. The second-order valence-electron chi connectivity index (χ2n) is 9.36. The van der Waals surface area contributed by atoms with Gasteiger partial charge in [0.2, 0.25) is 0 Å². The van der Waals surface area contributed by atoms with Crippen molar-refractivity contribution in [3.8, 4) is 0 Å². The molecular formula is C26H36O4Si. The van der Waals surface area contributed by atoms with Crippen molar-refractivity contribution < 1.29 is 18.7 Å². The van der Waals surface area contributed by atoms with Crippen molar-refractivity contribution in [2.75, 3.05) is 20.3 Å². The minimum Gasteiger partial charge on any atom is -0.466 e. The van der Waals surface area contributed by atoms with Crippen LogP contribution in [0, 0.1) is 11.8 Å². The van der Waals surface area contributed by atoms with E-state index in [1.54, 1.807) is 7.11 Å². The van der Waals surface area contributed by atoms with Crippen molar-refractivity contribution in [1.29, 1.82) is 0 Å². The Balaban J connectivity index is 2.04. The third-order valence-electron chi connectivity index (χ3n) is 6.26. The summed E-state index contributed by atoms with van der Waals surface area (Å²) in [6.07, 6.45) is 1.54. The lowest BCUT2D eigenvalue weighted by Gasteiger charge is -2.45. The first kappa shape index (κ1) is 23.7. The smallest absolute Gasteiger partial charge is 0.309 e. The van der Waals surface area contributed by atoms with Gasteiger partial charge in [-0.2, -0.15) is 0 Å². The summed E-state index contributed by atoms with van der Waals surface area (Å²) in [6.45, 7) is 9.72. The molecule has 3 atom stereocenters. The zero-order chi connectivity index (χ0) is 22.5. The Labute approximate surface area is 188 Å². The van der Waals surface area contributed by atoms with E-state index in [1.807, 2.05) is 6.92 Å². The summed E-state index contributed by atoms with van der Waals surface area (Å²) in [5, 5.41) is 2.41. The molecule has 0 aliphatic heterocycles. The van der Waals surface area contributed by atoms with Gasteiger partial charge in [-0.1, -0.05) is 81.4 Å². The monoisotopic (exact) mass is 440 g/mol. The van der Waals surface area contributed by atoms with Crippen molar-refractivity contribution in [1.82, 2.24) is 0 Å². The standard InChI is InChI=1S/C26H36O4Si/c1-6-29-25(27)23-19-22(23)24(17-18-28-5)30-31(26(2,3)4,20-13-9-7-10-14-20)21-15-11-8-12-16-21/h7-16,22-24H,6,17-19H2,1-5H3/t22-,23-,24?/m0/s1. The fourth-order valence-corrected chi connectivity index (χ4v) is 9.42. The lowest BCUT2D eigenvalue weighted by atomic mass is 10.1. The molecule has 168 valence electrons. The summed E-state index contributed by atoms with van der Waals surface area (Å²) in [7, 11) is -0.958. The highest BCUT2D eigenvalue weighted by molar-refractivity contribution is 6.99. The summed E-state index contributed by atoms with van der Waals surface area (Å²) in [4.78, 5) is 12.4. The van der Waals surface area contributed by atoms with Gasteiger partial charge in [0.05, 0.1) is 18.6 Å². The predicted molar refractivity (Wildman–Crippen MR) is 127 cm³/mol. The van der Waals surface area contributed by atoms with Crippen LogP contribution >= 0.6 is 0 Å². The maximum absolute atomic E-state index is 12.4. The number of carbonyl (C=O) groups is 1.